The van der Waals surface area contributed by atoms with Crippen molar-refractivity contribution in [3.63, 3.8) is 0 Å². The molecule has 0 aliphatic rings. The minimum absolute atomic E-state index is 0.163. The van der Waals surface area contributed by atoms with E-state index in [1.165, 1.54) is 16.7 Å². The maximum absolute atomic E-state index is 3.74. The topological polar surface area (TPSA) is 15.3 Å². The second-order valence-corrected chi connectivity index (χ2v) is 6.06. The third-order valence-electron chi connectivity index (χ3n) is 4.80. The number of benzene rings is 1. The van der Waals surface area contributed by atoms with Crippen LogP contribution in [0.3, 0.4) is 0 Å². The summed E-state index contributed by atoms with van der Waals surface area (Å²) in [5.41, 5.74) is 4.33. The highest BCUT2D eigenvalue weighted by Gasteiger charge is 2.38. The lowest BCUT2D eigenvalue weighted by molar-refractivity contribution is 0.0886. The van der Waals surface area contributed by atoms with E-state index in [-0.39, 0.29) is 5.54 Å². The van der Waals surface area contributed by atoms with Crippen molar-refractivity contribution in [3.05, 3.63) is 34.9 Å². The lowest BCUT2D eigenvalue weighted by Crippen LogP contribution is -2.53. The lowest BCUT2D eigenvalue weighted by Gasteiger charge is -2.46. The Morgan fingerprint density at radius 1 is 1.10 bits per heavy atom. The molecule has 0 aliphatic carbocycles. The van der Waals surface area contributed by atoms with Crippen LogP contribution in [0.25, 0.3) is 0 Å². The summed E-state index contributed by atoms with van der Waals surface area (Å²) in [6.45, 7) is 12.2. The van der Waals surface area contributed by atoms with Gasteiger partial charge in [-0.3, -0.25) is 0 Å². The van der Waals surface area contributed by atoms with E-state index in [4.69, 9.17) is 0 Å². The van der Waals surface area contributed by atoms with Crippen molar-refractivity contribution in [1.82, 2.24) is 10.2 Å². The van der Waals surface area contributed by atoms with Gasteiger partial charge in [0.15, 0.2) is 0 Å². The van der Waals surface area contributed by atoms with Crippen LogP contribution in [0.1, 0.15) is 56.3 Å². The molecule has 0 bridgehead atoms. The molecule has 1 unspecified atom stereocenters. The third kappa shape index (κ3) is 3.24. The van der Waals surface area contributed by atoms with Gasteiger partial charge in [-0.05, 0) is 58.5 Å². The van der Waals surface area contributed by atoms with Crippen molar-refractivity contribution in [3.8, 4) is 0 Å². The molecule has 2 nitrogen and oxygen atoms in total. The minimum Gasteiger partial charge on any atom is -0.309 e. The van der Waals surface area contributed by atoms with Crippen LogP contribution in [0.5, 0.6) is 0 Å². The highest BCUT2D eigenvalue weighted by atomic mass is 15.2. The van der Waals surface area contributed by atoms with E-state index in [1.807, 2.05) is 0 Å². The van der Waals surface area contributed by atoms with Crippen LogP contribution in [0.4, 0.5) is 0 Å². The van der Waals surface area contributed by atoms with E-state index in [9.17, 15) is 0 Å². The molecule has 0 saturated heterocycles. The fourth-order valence-corrected chi connectivity index (χ4v) is 3.49. The Kier molecular flexibility index (Phi) is 6.22. The normalized spacial score (nSPS) is 13.8. The Labute approximate surface area is 125 Å². The number of aryl methyl sites for hydroxylation is 2. The predicted octanol–water partition coefficient (Wildman–Crippen LogP) is 4.07. The molecule has 0 heterocycles. The first kappa shape index (κ1) is 17.2. The molecule has 1 aromatic carbocycles. The molecule has 1 aromatic rings. The average molecular weight is 276 g/mol. The molecule has 0 aliphatic heterocycles. The first-order valence-electron chi connectivity index (χ1n) is 7.90. The third-order valence-corrected chi connectivity index (χ3v) is 4.80. The average Bonchev–Trinajstić information content (AvgIpc) is 2.39. The van der Waals surface area contributed by atoms with Gasteiger partial charge in [-0.1, -0.05) is 44.5 Å². The molecular formula is C18H32N2. The van der Waals surface area contributed by atoms with Crippen LogP contribution in [0.15, 0.2) is 18.2 Å². The fraction of sp³-hybridized carbons (Fsp3) is 0.667. The van der Waals surface area contributed by atoms with Gasteiger partial charge in [0.1, 0.15) is 0 Å². The number of hydrogen-bond donors (Lipinski definition) is 1. The first-order valence-corrected chi connectivity index (χ1v) is 7.90. The molecule has 0 spiro atoms. The Bertz CT molecular complexity index is 419. The molecule has 1 atom stereocenters. The summed E-state index contributed by atoms with van der Waals surface area (Å²) < 4.78 is 0. The van der Waals surface area contributed by atoms with Gasteiger partial charge in [0.2, 0.25) is 0 Å². The largest absolute Gasteiger partial charge is 0.309 e. The Hall–Kier alpha value is -0.860. The van der Waals surface area contributed by atoms with Crippen LogP contribution in [-0.2, 0) is 0 Å². The van der Waals surface area contributed by atoms with Crippen molar-refractivity contribution in [2.45, 2.75) is 59.0 Å². The molecule has 0 aromatic heterocycles. The van der Waals surface area contributed by atoms with E-state index in [0.717, 1.165) is 19.4 Å². The maximum atomic E-state index is 3.74. The lowest BCUT2D eigenvalue weighted by atomic mass is 9.78. The minimum atomic E-state index is 0.163. The van der Waals surface area contributed by atoms with Crippen LogP contribution < -0.4 is 5.32 Å². The molecule has 0 amide bonds. The van der Waals surface area contributed by atoms with E-state index in [2.05, 4.69) is 77.1 Å². The van der Waals surface area contributed by atoms with Gasteiger partial charge >= 0.3 is 0 Å². The summed E-state index contributed by atoms with van der Waals surface area (Å²) in [6.07, 6.45) is 2.28. The smallest absolute Gasteiger partial charge is 0.0509 e. The fourth-order valence-electron chi connectivity index (χ4n) is 3.49. The zero-order chi connectivity index (χ0) is 15.3. The molecule has 0 saturated carbocycles. The summed E-state index contributed by atoms with van der Waals surface area (Å²) in [6, 6.07) is 7.21. The monoisotopic (exact) mass is 276 g/mol. The Balaban J connectivity index is 3.34. The van der Waals surface area contributed by atoms with Crippen LogP contribution >= 0.6 is 0 Å². The van der Waals surface area contributed by atoms with Crippen molar-refractivity contribution < 1.29 is 0 Å². The number of nitrogens with zero attached hydrogens (tertiary/aromatic N) is 1. The Morgan fingerprint density at radius 3 is 2.10 bits per heavy atom. The number of hydrogen-bond acceptors (Lipinski definition) is 2. The zero-order valence-corrected chi connectivity index (χ0v) is 14.4. The molecule has 20 heavy (non-hydrogen) atoms. The van der Waals surface area contributed by atoms with E-state index in [0.29, 0.717) is 6.04 Å². The van der Waals surface area contributed by atoms with Gasteiger partial charge in [-0.25, -0.2) is 0 Å². The van der Waals surface area contributed by atoms with Gasteiger partial charge < -0.3 is 10.2 Å². The predicted molar refractivity (Wildman–Crippen MR) is 89.3 cm³/mol. The number of rotatable bonds is 7. The van der Waals surface area contributed by atoms with Crippen molar-refractivity contribution in [1.29, 1.82) is 0 Å². The van der Waals surface area contributed by atoms with E-state index in [1.54, 1.807) is 0 Å². The summed E-state index contributed by atoms with van der Waals surface area (Å²) in [5.74, 6) is 0. The van der Waals surface area contributed by atoms with Crippen molar-refractivity contribution in [2.24, 2.45) is 0 Å². The number of nitrogens with one attached hydrogen (secondary N) is 1. The highest BCUT2D eigenvalue weighted by Crippen LogP contribution is 2.37. The molecule has 2 heteroatoms. The quantitative estimate of drug-likeness (QED) is 0.807. The summed E-state index contributed by atoms with van der Waals surface area (Å²) >= 11 is 0. The summed E-state index contributed by atoms with van der Waals surface area (Å²) in [7, 11) is 4.42. The molecule has 1 rings (SSSR count). The zero-order valence-electron chi connectivity index (χ0n) is 14.4. The van der Waals surface area contributed by atoms with Crippen molar-refractivity contribution >= 4 is 0 Å². The van der Waals surface area contributed by atoms with E-state index >= 15 is 0 Å². The van der Waals surface area contributed by atoms with Gasteiger partial charge in [-0.15, -0.1) is 0 Å². The second-order valence-electron chi connectivity index (χ2n) is 6.06. The Morgan fingerprint density at radius 2 is 1.70 bits per heavy atom. The van der Waals surface area contributed by atoms with Gasteiger partial charge in [0, 0.05) is 5.54 Å². The van der Waals surface area contributed by atoms with Crippen LogP contribution in [-0.4, -0.2) is 31.1 Å². The summed E-state index contributed by atoms with van der Waals surface area (Å²) in [4.78, 5) is 2.40. The van der Waals surface area contributed by atoms with Gasteiger partial charge in [0.25, 0.3) is 0 Å². The highest BCUT2D eigenvalue weighted by molar-refractivity contribution is 5.35. The number of likely N-dealkylation sites (N-methyl/N-ethyl adjacent to an activating group) is 2. The molecule has 0 radical (unpaired) electrons. The van der Waals surface area contributed by atoms with Gasteiger partial charge in [-0.2, -0.15) is 0 Å². The molecular weight excluding hydrogens is 244 g/mol. The van der Waals surface area contributed by atoms with Crippen molar-refractivity contribution in [2.75, 3.05) is 20.6 Å². The molecule has 0 fully saturated rings. The SMILES string of the molecule is CCNC(c1ccc(C)cc1C)C(CC)(CC)N(C)C. The summed E-state index contributed by atoms with van der Waals surface area (Å²) in [5, 5.41) is 3.74. The standard InChI is InChI=1S/C18H32N2/c1-8-18(9-2,20(6)7)17(19-10-3)16-12-11-14(4)13-15(16)5/h11-13,17,19H,8-10H2,1-7H3. The first-order chi connectivity index (χ1) is 9.42. The molecule has 1 N–H and O–H groups in total. The maximum Gasteiger partial charge on any atom is 0.0509 e. The van der Waals surface area contributed by atoms with Crippen LogP contribution in [0, 0.1) is 13.8 Å². The van der Waals surface area contributed by atoms with E-state index < -0.39 is 0 Å². The second kappa shape index (κ2) is 7.24. The van der Waals surface area contributed by atoms with Gasteiger partial charge in [0.05, 0.1) is 6.04 Å². The van der Waals surface area contributed by atoms with Crippen LogP contribution in [0.2, 0.25) is 0 Å². The molecule has 114 valence electrons.